The number of aryl methyl sites for hydroxylation is 1. The first kappa shape index (κ1) is 19.4. The van der Waals surface area contributed by atoms with Gasteiger partial charge in [0.2, 0.25) is 0 Å². The Bertz CT molecular complexity index is 1020. The molecule has 0 aliphatic rings. The number of benzene rings is 2. The van der Waals surface area contributed by atoms with Crippen molar-refractivity contribution in [1.82, 2.24) is 10.4 Å². The maximum absolute atomic E-state index is 12.6. The number of rotatable bonds is 7. The minimum Gasteiger partial charge on any atom is -0.493 e. The summed E-state index contributed by atoms with van der Waals surface area (Å²) in [6.45, 7) is 4.53. The van der Waals surface area contributed by atoms with Crippen molar-refractivity contribution in [3.05, 3.63) is 65.4 Å². The van der Waals surface area contributed by atoms with Crippen LogP contribution in [-0.2, 0) is 0 Å². The minimum absolute atomic E-state index is 0.284. The second-order valence-electron chi connectivity index (χ2n) is 6.29. The van der Waals surface area contributed by atoms with E-state index in [0.717, 1.165) is 28.6 Å². The summed E-state index contributed by atoms with van der Waals surface area (Å²) in [7, 11) is 1.59. The van der Waals surface area contributed by atoms with Gasteiger partial charge in [-0.15, -0.1) is 0 Å². The molecule has 1 amide bonds. The Labute approximate surface area is 164 Å². The van der Waals surface area contributed by atoms with E-state index in [1.54, 1.807) is 19.4 Å². The molecule has 1 aromatic heterocycles. The second kappa shape index (κ2) is 8.99. The van der Waals surface area contributed by atoms with E-state index in [2.05, 4.69) is 15.5 Å². The first-order valence-corrected chi connectivity index (χ1v) is 9.13. The van der Waals surface area contributed by atoms with Crippen LogP contribution in [0, 0.1) is 6.92 Å². The zero-order valence-electron chi connectivity index (χ0n) is 16.2. The van der Waals surface area contributed by atoms with E-state index < -0.39 is 0 Å². The summed E-state index contributed by atoms with van der Waals surface area (Å²) in [5, 5.41) is 4.87. The predicted molar refractivity (Wildman–Crippen MR) is 110 cm³/mol. The van der Waals surface area contributed by atoms with Crippen molar-refractivity contribution in [2.24, 2.45) is 5.10 Å². The van der Waals surface area contributed by atoms with Gasteiger partial charge in [-0.05, 0) is 49.2 Å². The molecule has 0 spiro atoms. The number of para-hydroxylation sites is 1. The van der Waals surface area contributed by atoms with Crippen LogP contribution in [0.3, 0.4) is 0 Å². The van der Waals surface area contributed by atoms with Gasteiger partial charge in [-0.3, -0.25) is 9.78 Å². The van der Waals surface area contributed by atoms with E-state index in [1.807, 2.05) is 56.3 Å². The average molecular weight is 377 g/mol. The fourth-order valence-electron chi connectivity index (χ4n) is 2.82. The first-order valence-electron chi connectivity index (χ1n) is 9.13. The van der Waals surface area contributed by atoms with Gasteiger partial charge in [-0.25, -0.2) is 5.43 Å². The van der Waals surface area contributed by atoms with Gasteiger partial charge in [0, 0.05) is 11.1 Å². The molecule has 3 rings (SSSR count). The molecule has 0 atom stereocenters. The summed E-state index contributed by atoms with van der Waals surface area (Å²) in [5.74, 6) is 1.02. The molecule has 0 aliphatic carbocycles. The van der Waals surface area contributed by atoms with Gasteiger partial charge in [-0.1, -0.05) is 25.1 Å². The Morgan fingerprint density at radius 3 is 2.79 bits per heavy atom. The summed E-state index contributed by atoms with van der Waals surface area (Å²) >= 11 is 0. The number of aromatic nitrogens is 1. The van der Waals surface area contributed by atoms with Crippen LogP contribution in [0.15, 0.2) is 53.6 Å². The van der Waals surface area contributed by atoms with Gasteiger partial charge in [-0.2, -0.15) is 5.10 Å². The fraction of sp³-hybridized carbons (Fsp3) is 0.227. The molecule has 0 aliphatic heterocycles. The average Bonchev–Trinajstić information content (AvgIpc) is 2.71. The quantitative estimate of drug-likeness (QED) is 0.497. The molecule has 0 saturated carbocycles. The Hall–Kier alpha value is -3.41. The molecule has 1 heterocycles. The number of nitrogens with one attached hydrogen (secondary N) is 1. The zero-order valence-corrected chi connectivity index (χ0v) is 16.2. The molecule has 0 radical (unpaired) electrons. The smallest absolute Gasteiger partial charge is 0.272 e. The number of nitrogens with zero attached hydrogens (tertiary/aromatic N) is 2. The number of hydrogen-bond donors (Lipinski definition) is 1. The molecule has 0 bridgehead atoms. The Kier molecular flexibility index (Phi) is 6.22. The Balaban J connectivity index is 1.75. The highest BCUT2D eigenvalue weighted by atomic mass is 16.5. The van der Waals surface area contributed by atoms with Crippen molar-refractivity contribution in [1.29, 1.82) is 0 Å². The normalized spacial score (nSPS) is 11.0. The van der Waals surface area contributed by atoms with Crippen molar-refractivity contribution in [3.63, 3.8) is 0 Å². The van der Waals surface area contributed by atoms with Gasteiger partial charge in [0.1, 0.15) is 0 Å². The molecule has 1 N–H and O–H groups in total. The number of ether oxygens (including phenoxy) is 2. The molecular weight excluding hydrogens is 354 g/mol. The van der Waals surface area contributed by atoms with Crippen molar-refractivity contribution in [2.45, 2.75) is 20.3 Å². The molecule has 6 nitrogen and oxygen atoms in total. The van der Waals surface area contributed by atoms with E-state index in [4.69, 9.17) is 9.47 Å². The highest BCUT2D eigenvalue weighted by Gasteiger charge is 2.11. The monoisotopic (exact) mass is 377 g/mol. The highest BCUT2D eigenvalue weighted by Crippen LogP contribution is 2.27. The number of fused-ring (bicyclic) bond motifs is 1. The third-order valence-corrected chi connectivity index (χ3v) is 4.12. The zero-order chi connectivity index (χ0) is 19.9. The van der Waals surface area contributed by atoms with E-state index in [0.29, 0.717) is 23.7 Å². The van der Waals surface area contributed by atoms with Crippen LogP contribution < -0.4 is 14.9 Å². The summed E-state index contributed by atoms with van der Waals surface area (Å²) in [5.41, 5.74) is 5.47. The van der Waals surface area contributed by atoms with E-state index in [-0.39, 0.29) is 5.91 Å². The number of methoxy groups -OCH3 is 1. The fourth-order valence-corrected chi connectivity index (χ4v) is 2.82. The van der Waals surface area contributed by atoms with Crippen molar-refractivity contribution in [2.75, 3.05) is 13.7 Å². The van der Waals surface area contributed by atoms with Gasteiger partial charge >= 0.3 is 0 Å². The molecule has 0 unspecified atom stereocenters. The van der Waals surface area contributed by atoms with Crippen LogP contribution in [0.2, 0.25) is 0 Å². The summed E-state index contributed by atoms with van der Waals surface area (Å²) < 4.78 is 11.0. The maximum atomic E-state index is 12.6. The number of pyridine rings is 1. The second-order valence-corrected chi connectivity index (χ2v) is 6.29. The number of carbonyl (C=O) groups excluding carboxylic acids is 1. The standard InChI is InChI=1S/C22H23N3O3/c1-4-11-28-20-10-9-16(13-21(20)27-3)14-23-25-22(26)18-12-15(2)24-19-8-6-5-7-17(18)19/h5-10,12-14H,4,11H2,1-3H3,(H,25,26). The lowest BCUT2D eigenvalue weighted by atomic mass is 10.1. The largest absolute Gasteiger partial charge is 0.493 e. The molecule has 144 valence electrons. The van der Waals surface area contributed by atoms with Gasteiger partial charge in [0.05, 0.1) is 31.0 Å². The Morgan fingerprint density at radius 2 is 2.00 bits per heavy atom. The van der Waals surface area contributed by atoms with Crippen LogP contribution >= 0.6 is 0 Å². The highest BCUT2D eigenvalue weighted by molar-refractivity contribution is 6.06. The van der Waals surface area contributed by atoms with Crippen molar-refractivity contribution < 1.29 is 14.3 Å². The third-order valence-electron chi connectivity index (χ3n) is 4.12. The number of hydrazone groups is 1. The summed E-state index contributed by atoms with van der Waals surface area (Å²) in [6.07, 6.45) is 2.49. The summed E-state index contributed by atoms with van der Waals surface area (Å²) in [6, 6.07) is 14.8. The first-order chi connectivity index (χ1) is 13.6. The predicted octanol–water partition coefficient (Wildman–Crippen LogP) is 4.10. The van der Waals surface area contributed by atoms with Gasteiger partial charge < -0.3 is 9.47 Å². The summed E-state index contributed by atoms with van der Waals surface area (Å²) in [4.78, 5) is 17.1. The minimum atomic E-state index is -0.284. The van der Waals surface area contributed by atoms with Gasteiger partial charge in [0.15, 0.2) is 11.5 Å². The van der Waals surface area contributed by atoms with E-state index in [9.17, 15) is 4.79 Å². The lowest BCUT2D eigenvalue weighted by molar-refractivity contribution is 0.0956. The van der Waals surface area contributed by atoms with Crippen LogP contribution in [0.4, 0.5) is 0 Å². The van der Waals surface area contributed by atoms with Gasteiger partial charge in [0.25, 0.3) is 5.91 Å². The molecule has 6 heteroatoms. The topological polar surface area (TPSA) is 72.8 Å². The van der Waals surface area contributed by atoms with Crippen LogP contribution in [0.1, 0.15) is 35.0 Å². The number of amides is 1. The van der Waals surface area contributed by atoms with E-state index in [1.165, 1.54) is 0 Å². The molecule has 2 aromatic carbocycles. The van der Waals surface area contributed by atoms with Crippen LogP contribution in [-0.4, -0.2) is 30.8 Å². The van der Waals surface area contributed by atoms with Crippen LogP contribution in [0.25, 0.3) is 10.9 Å². The number of carbonyl (C=O) groups is 1. The molecule has 3 aromatic rings. The molecule has 0 saturated heterocycles. The molecule has 28 heavy (non-hydrogen) atoms. The lowest BCUT2D eigenvalue weighted by Gasteiger charge is -2.10. The third kappa shape index (κ3) is 4.46. The van der Waals surface area contributed by atoms with Crippen LogP contribution in [0.5, 0.6) is 11.5 Å². The maximum Gasteiger partial charge on any atom is 0.272 e. The lowest BCUT2D eigenvalue weighted by Crippen LogP contribution is -2.18. The number of hydrogen-bond acceptors (Lipinski definition) is 5. The van der Waals surface area contributed by atoms with E-state index >= 15 is 0 Å². The van der Waals surface area contributed by atoms with Crippen molar-refractivity contribution >= 4 is 23.0 Å². The Morgan fingerprint density at radius 1 is 1.18 bits per heavy atom. The molecule has 0 fully saturated rings. The molecular formula is C22H23N3O3. The SMILES string of the molecule is CCCOc1ccc(C=NNC(=O)c2cc(C)nc3ccccc23)cc1OC. The van der Waals surface area contributed by atoms with Crippen molar-refractivity contribution in [3.8, 4) is 11.5 Å².